The summed E-state index contributed by atoms with van der Waals surface area (Å²) in [6.45, 7) is 3.79. The van der Waals surface area contributed by atoms with Crippen LogP contribution in [0.2, 0.25) is 0 Å². The minimum atomic E-state index is -0.576. The highest BCUT2D eigenvalue weighted by Gasteiger charge is 2.11. The summed E-state index contributed by atoms with van der Waals surface area (Å²) in [5.41, 5.74) is 13.2. The maximum absolute atomic E-state index is 11.2. The Hall–Kier alpha value is -2.37. The molecule has 0 radical (unpaired) electrons. The zero-order valence-electron chi connectivity index (χ0n) is 9.64. The molecule has 1 amide bonds. The van der Waals surface area contributed by atoms with Gasteiger partial charge < -0.3 is 11.5 Å². The lowest BCUT2D eigenvalue weighted by atomic mass is 10.2. The topological polar surface area (TPSA) is 99.8 Å². The second-order valence-corrected chi connectivity index (χ2v) is 3.83. The van der Waals surface area contributed by atoms with Crippen molar-refractivity contribution >= 4 is 11.6 Å². The van der Waals surface area contributed by atoms with Gasteiger partial charge in [0.25, 0.3) is 5.91 Å². The third-order valence-electron chi connectivity index (χ3n) is 2.41. The van der Waals surface area contributed by atoms with Gasteiger partial charge in [-0.25, -0.2) is 9.67 Å². The van der Waals surface area contributed by atoms with Crippen molar-refractivity contribution in [2.45, 2.75) is 13.8 Å². The Morgan fingerprint density at radius 3 is 2.59 bits per heavy atom. The number of carbonyl (C=O) groups excluding carboxylic acids is 1. The van der Waals surface area contributed by atoms with E-state index in [0.29, 0.717) is 5.82 Å². The molecule has 0 aliphatic heterocycles. The normalized spacial score (nSPS) is 10.5. The van der Waals surface area contributed by atoms with E-state index < -0.39 is 5.91 Å². The van der Waals surface area contributed by atoms with Gasteiger partial charge in [-0.1, -0.05) is 0 Å². The largest absolute Gasteiger partial charge is 0.397 e. The average molecular weight is 231 g/mol. The summed E-state index contributed by atoms with van der Waals surface area (Å²) < 4.78 is 1.64. The van der Waals surface area contributed by atoms with E-state index in [1.165, 1.54) is 12.3 Å². The summed E-state index contributed by atoms with van der Waals surface area (Å²) in [7, 11) is 0. The van der Waals surface area contributed by atoms with Crippen molar-refractivity contribution in [1.29, 1.82) is 0 Å². The fourth-order valence-corrected chi connectivity index (χ4v) is 1.64. The molecule has 2 heterocycles. The Kier molecular flexibility index (Phi) is 2.55. The van der Waals surface area contributed by atoms with Crippen LogP contribution in [0.5, 0.6) is 0 Å². The number of amides is 1. The molecule has 17 heavy (non-hydrogen) atoms. The van der Waals surface area contributed by atoms with E-state index in [4.69, 9.17) is 11.5 Å². The lowest BCUT2D eigenvalue weighted by Crippen LogP contribution is -2.15. The molecule has 0 saturated heterocycles. The summed E-state index contributed by atoms with van der Waals surface area (Å²) in [5, 5.41) is 4.27. The summed E-state index contributed by atoms with van der Waals surface area (Å²) >= 11 is 0. The lowest BCUT2D eigenvalue weighted by molar-refractivity contribution is 0.100. The highest BCUT2D eigenvalue weighted by atomic mass is 16.1. The molecule has 0 aliphatic rings. The third kappa shape index (κ3) is 1.96. The van der Waals surface area contributed by atoms with E-state index in [1.807, 2.05) is 19.9 Å². The van der Waals surface area contributed by atoms with E-state index >= 15 is 0 Å². The maximum Gasteiger partial charge on any atom is 0.250 e. The molecule has 0 saturated carbocycles. The van der Waals surface area contributed by atoms with E-state index in [-0.39, 0.29) is 11.3 Å². The minimum absolute atomic E-state index is 0.252. The summed E-state index contributed by atoms with van der Waals surface area (Å²) in [4.78, 5) is 15.3. The number of hydrogen-bond acceptors (Lipinski definition) is 4. The Morgan fingerprint density at radius 1 is 1.35 bits per heavy atom. The number of primary amides is 1. The van der Waals surface area contributed by atoms with Gasteiger partial charge >= 0.3 is 0 Å². The van der Waals surface area contributed by atoms with Gasteiger partial charge in [0, 0.05) is 5.69 Å². The number of aryl methyl sites for hydroxylation is 2. The summed E-state index contributed by atoms with van der Waals surface area (Å²) in [6, 6.07) is 3.46. The van der Waals surface area contributed by atoms with Crippen molar-refractivity contribution < 1.29 is 4.79 Å². The number of nitrogens with zero attached hydrogens (tertiary/aromatic N) is 3. The van der Waals surface area contributed by atoms with Crippen molar-refractivity contribution in [1.82, 2.24) is 14.8 Å². The van der Waals surface area contributed by atoms with E-state index in [1.54, 1.807) is 4.68 Å². The molecule has 2 aromatic heterocycles. The molecule has 88 valence electrons. The first kappa shape index (κ1) is 11.1. The van der Waals surface area contributed by atoms with Gasteiger partial charge in [-0.3, -0.25) is 4.79 Å². The summed E-state index contributed by atoms with van der Waals surface area (Å²) in [5.74, 6) is -0.0497. The monoisotopic (exact) mass is 231 g/mol. The van der Waals surface area contributed by atoms with E-state index in [2.05, 4.69) is 10.1 Å². The van der Waals surface area contributed by atoms with Crippen molar-refractivity contribution in [3.63, 3.8) is 0 Å². The highest BCUT2D eigenvalue weighted by molar-refractivity contribution is 5.98. The van der Waals surface area contributed by atoms with Crippen molar-refractivity contribution in [3.8, 4) is 5.82 Å². The molecular formula is C11H13N5O. The molecule has 6 heteroatoms. The molecule has 0 aromatic carbocycles. The van der Waals surface area contributed by atoms with Crippen LogP contribution in [0.1, 0.15) is 21.7 Å². The standard InChI is InChI=1S/C11H13N5O/c1-6-3-7(2)16(15-6)10-4-8(11(13)17)9(12)5-14-10/h3-5H,12H2,1-2H3,(H2,13,17). The lowest BCUT2D eigenvalue weighted by Gasteiger charge is -2.06. The van der Waals surface area contributed by atoms with Gasteiger partial charge in [0.15, 0.2) is 5.82 Å². The molecule has 0 bridgehead atoms. The van der Waals surface area contributed by atoms with Gasteiger partial charge in [-0.2, -0.15) is 5.10 Å². The predicted molar refractivity (Wildman–Crippen MR) is 63.8 cm³/mol. The first-order valence-corrected chi connectivity index (χ1v) is 5.08. The number of nitrogens with two attached hydrogens (primary N) is 2. The van der Waals surface area contributed by atoms with Crippen molar-refractivity contribution in [3.05, 3.63) is 35.3 Å². The third-order valence-corrected chi connectivity index (χ3v) is 2.41. The second-order valence-electron chi connectivity index (χ2n) is 3.83. The quantitative estimate of drug-likeness (QED) is 0.788. The van der Waals surface area contributed by atoms with Gasteiger partial charge in [0.2, 0.25) is 0 Å². The molecule has 2 rings (SSSR count). The number of carbonyl (C=O) groups is 1. The number of nitrogen functional groups attached to an aromatic ring is 1. The Bertz CT molecular complexity index is 588. The van der Waals surface area contributed by atoms with E-state index in [0.717, 1.165) is 11.4 Å². The van der Waals surface area contributed by atoms with Crippen LogP contribution in [0, 0.1) is 13.8 Å². The highest BCUT2D eigenvalue weighted by Crippen LogP contribution is 2.15. The van der Waals surface area contributed by atoms with Crippen LogP contribution in [0.25, 0.3) is 5.82 Å². The van der Waals surface area contributed by atoms with Crippen LogP contribution in [0.4, 0.5) is 5.69 Å². The van der Waals surface area contributed by atoms with Gasteiger partial charge in [0.1, 0.15) is 0 Å². The maximum atomic E-state index is 11.2. The molecule has 0 fully saturated rings. The molecule has 2 aromatic rings. The zero-order valence-corrected chi connectivity index (χ0v) is 9.64. The molecule has 6 nitrogen and oxygen atoms in total. The fourth-order valence-electron chi connectivity index (χ4n) is 1.64. The zero-order chi connectivity index (χ0) is 12.6. The molecule has 0 aliphatic carbocycles. The van der Waals surface area contributed by atoms with Gasteiger partial charge in [-0.05, 0) is 26.0 Å². The van der Waals surface area contributed by atoms with Crippen molar-refractivity contribution in [2.75, 3.05) is 5.73 Å². The Labute approximate surface area is 98.3 Å². The first-order valence-electron chi connectivity index (χ1n) is 5.08. The molecule has 0 unspecified atom stereocenters. The van der Waals surface area contributed by atoms with Crippen LogP contribution in [-0.2, 0) is 0 Å². The first-order chi connectivity index (χ1) is 7.99. The Balaban J connectivity index is 2.57. The Morgan fingerprint density at radius 2 is 2.06 bits per heavy atom. The van der Waals surface area contributed by atoms with Crippen LogP contribution in [-0.4, -0.2) is 20.7 Å². The molecular weight excluding hydrogens is 218 g/mol. The van der Waals surface area contributed by atoms with Crippen LogP contribution in [0.3, 0.4) is 0 Å². The number of anilines is 1. The predicted octanol–water partition coefficient (Wildman–Crippen LogP) is 0.565. The molecule has 4 N–H and O–H groups in total. The molecule has 0 atom stereocenters. The molecule has 0 spiro atoms. The number of hydrogen-bond donors (Lipinski definition) is 2. The fraction of sp³-hybridized carbons (Fsp3) is 0.182. The van der Waals surface area contributed by atoms with Gasteiger partial charge in [0.05, 0.1) is 23.1 Å². The van der Waals surface area contributed by atoms with Crippen molar-refractivity contribution in [2.24, 2.45) is 5.73 Å². The van der Waals surface area contributed by atoms with Crippen LogP contribution in [0.15, 0.2) is 18.3 Å². The van der Waals surface area contributed by atoms with E-state index in [9.17, 15) is 4.79 Å². The average Bonchev–Trinajstić information content (AvgIpc) is 2.58. The van der Waals surface area contributed by atoms with Gasteiger partial charge in [-0.15, -0.1) is 0 Å². The number of pyridine rings is 1. The van der Waals surface area contributed by atoms with Crippen LogP contribution >= 0.6 is 0 Å². The SMILES string of the molecule is Cc1cc(C)n(-c2cc(C(N)=O)c(N)cn2)n1. The number of rotatable bonds is 2. The second kappa shape index (κ2) is 3.89. The smallest absolute Gasteiger partial charge is 0.250 e. The minimum Gasteiger partial charge on any atom is -0.397 e. The summed E-state index contributed by atoms with van der Waals surface area (Å²) in [6.07, 6.45) is 1.41. The number of aromatic nitrogens is 3. The van der Waals surface area contributed by atoms with Crippen LogP contribution < -0.4 is 11.5 Å².